The number of hydrogen-bond donors (Lipinski definition) is 1. The Kier molecular flexibility index (Phi) is 5.26. The zero-order chi connectivity index (χ0) is 14.5. The van der Waals surface area contributed by atoms with Gasteiger partial charge in [-0.1, -0.05) is 24.1 Å². The molecule has 0 aromatic heterocycles. The first kappa shape index (κ1) is 15.1. The predicted octanol–water partition coefficient (Wildman–Crippen LogP) is 3.18. The Morgan fingerprint density at radius 1 is 1.50 bits per heavy atom. The topological polar surface area (TPSA) is 49.8 Å². The molecular weight excluding hydrogens is 278 g/mol. The van der Waals surface area contributed by atoms with Gasteiger partial charge in [0.15, 0.2) is 0 Å². The van der Waals surface area contributed by atoms with Crippen molar-refractivity contribution in [3.63, 3.8) is 0 Å². The van der Waals surface area contributed by atoms with E-state index in [4.69, 9.17) is 21.4 Å². The zero-order valence-electron chi connectivity index (χ0n) is 11.6. The lowest BCUT2D eigenvalue weighted by molar-refractivity contribution is -0.138. The Labute approximate surface area is 124 Å². The van der Waals surface area contributed by atoms with E-state index < -0.39 is 5.97 Å². The lowest BCUT2D eigenvalue weighted by atomic mass is 9.98. The summed E-state index contributed by atoms with van der Waals surface area (Å²) in [5.74, 6) is 0.0187. The molecule has 0 amide bonds. The first-order valence-corrected chi connectivity index (χ1v) is 7.27. The monoisotopic (exact) mass is 297 g/mol. The van der Waals surface area contributed by atoms with Gasteiger partial charge in [-0.05, 0) is 31.5 Å². The van der Waals surface area contributed by atoms with Gasteiger partial charge in [0.25, 0.3) is 0 Å². The van der Waals surface area contributed by atoms with Gasteiger partial charge in [0, 0.05) is 23.2 Å². The number of benzene rings is 1. The fraction of sp³-hybridized carbons (Fsp3) is 0.533. The molecule has 1 aromatic carbocycles. The Balaban J connectivity index is 2.16. The first-order chi connectivity index (χ1) is 9.61. The zero-order valence-corrected chi connectivity index (χ0v) is 12.4. The minimum atomic E-state index is -0.743. The van der Waals surface area contributed by atoms with Gasteiger partial charge in [-0.15, -0.1) is 0 Å². The molecule has 0 spiro atoms. The second-order valence-electron chi connectivity index (χ2n) is 5.14. The van der Waals surface area contributed by atoms with Crippen molar-refractivity contribution in [3.05, 3.63) is 28.8 Å². The molecule has 110 valence electrons. The number of carbonyl (C=O) groups is 1. The molecule has 0 bridgehead atoms. The number of ether oxygens (including phenoxy) is 1. The van der Waals surface area contributed by atoms with Crippen LogP contribution in [0.25, 0.3) is 0 Å². The molecule has 1 atom stereocenters. The Morgan fingerprint density at radius 3 is 3.00 bits per heavy atom. The first-order valence-electron chi connectivity index (χ1n) is 6.89. The van der Waals surface area contributed by atoms with Gasteiger partial charge in [0.05, 0.1) is 13.5 Å². The van der Waals surface area contributed by atoms with E-state index in [0.717, 1.165) is 37.1 Å². The van der Waals surface area contributed by atoms with Crippen molar-refractivity contribution in [1.29, 1.82) is 0 Å². The molecule has 1 aliphatic rings. The maximum absolute atomic E-state index is 11.0. The summed E-state index contributed by atoms with van der Waals surface area (Å²) in [7, 11) is 1.63. The number of hydrogen-bond acceptors (Lipinski definition) is 3. The van der Waals surface area contributed by atoms with Gasteiger partial charge in [0.1, 0.15) is 5.75 Å². The summed E-state index contributed by atoms with van der Waals surface area (Å²) >= 11 is 6.26. The molecule has 0 aliphatic carbocycles. The minimum Gasteiger partial charge on any atom is -0.496 e. The van der Waals surface area contributed by atoms with Crippen LogP contribution in [0.3, 0.4) is 0 Å². The number of carboxylic acids is 1. The average Bonchev–Trinajstić information content (AvgIpc) is 2.42. The number of likely N-dealkylation sites (tertiary alicyclic amines) is 1. The number of piperidine rings is 1. The van der Waals surface area contributed by atoms with E-state index in [-0.39, 0.29) is 12.5 Å². The third-order valence-electron chi connectivity index (χ3n) is 3.82. The standard InChI is InChI=1S/C15H20ClNO3/c1-20-14-7-4-6-13(16)12(14)10-17-8-3-2-5-11(17)9-15(18)19/h4,6-7,11H,2-3,5,8-10H2,1H3,(H,18,19). The highest BCUT2D eigenvalue weighted by Crippen LogP contribution is 2.30. The molecule has 1 aromatic rings. The van der Waals surface area contributed by atoms with Crippen LogP contribution in [-0.2, 0) is 11.3 Å². The van der Waals surface area contributed by atoms with E-state index in [1.54, 1.807) is 7.11 Å². The van der Waals surface area contributed by atoms with Crippen molar-refractivity contribution < 1.29 is 14.6 Å². The summed E-state index contributed by atoms with van der Waals surface area (Å²) < 4.78 is 5.36. The summed E-state index contributed by atoms with van der Waals surface area (Å²) in [5, 5.41) is 9.70. The van der Waals surface area contributed by atoms with Crippen LogP contribution in [0.2, 0.25) is 5.02 Å². The molecule has 1 aliphatic heterocycles. The molecule has 0 saturated carbocycles. The van der Waals surface area contributed by atoms with Gasteiger partial charge >= 0.3 is 5.97 Å². The normalized spacial score (nSPS) is 19.8. The predicted molar refractivity (Wildman–Crippen MR) is 78.3 cm³/mol. The molecule has 1 unspecified atom stereocenters. The summed E-state index contributed by atoms with van der Waals surface area (Å²) in [4.78, 5) is 13.2. The average molecular weight is 298 g/mol. The van der Waals surface area contributed by atoms with E-state index in [9.17, 15) is 4.79 Å². The van der Waals surface area contributed by atoms with E-state index in [2.05, 4.69) is 4.90 Å². The lowest BCUT2D eigenvalue weighted by Gasteiger charge is -2.35. The van der Waals surface area contributed by atoms with Crippen molar-refractivity contribution in [1.82, 2.24) is 4.90 Å². The summed E-state index contributed by atoms with van der Waals surface area (Å²) in [6.45, 7) is 1.55. The highest BCUT2D eigenvalue weighted by Gasteiger charge is 2.26. The van der Waals surface area contributed by atoms with Crippen LogP contribution in [0.1, 0.15) is 31.2 Å². The highest BCUT2D eigenvalue weighted by molar-refractivity contribution is 6.31. The SMILES string of the molecule is COc1cccc(Cl)c1CN1CCCCC1CC(=O)O. The van der Waals surface area contributed by atoms with Crippen molar-refractivity contribution in [2.24, 2.45) is 0 Å². The van der Waals surface area contributed by atoms with Gasteiger partial charge < -0.3 is 9.84 Å². The summed E-state index contributed by atoms with van der Waals surface area (Å²) in [6.07, 6.45) is 3.31. The van der Waals surface area contributed by atoms with E-state index in [1.165, 1.54) is 0 Å². The Morgan fingerprint density at radius 2 is 2.30 bits per heavy atom. The lowest BCUT2D eigenvalue weighted by Crippen LogP contribution is -2.40. The van der Waals surface area contributed by atoms with Gasteiger partial charge in [-0.2, -0.15) is 0 Å². The molecule has 0 radical (unpaired) electrons. The van der Waals surface area contributed by atoms with Crippen LogP contribution in [-0.4, -0.2) is 35.7 Å². The Bertz CT molecular complexity index is 478. The summed E-state index contributed by atoms with van der Waals surface area (Å²) in [6, 6.07) is 5.67. The Hall–Kier alpha value is -1.26. The number of aliphatic carboxylic acids is 1. The molecule has 1 N–H and O–H groups in total. The second kappa shape index (κ2) is 6.95. The van der Waals surface area contributed by atoms with Crippen LogP contribution in [0.15, 0.2) is 18.2 Å². The van der Waals surface area contributed by atoms with Gasteiger partial charge in [0.2, 0.25) is 0 Å². The van der Waals surface area contributed by atoms with Crippen molar-refractivity contribution in [2.75, 3.05) is 13.7 Å². The van der Waals surface area contributed by atoms with Crippen LogP contribution in [0, 0.1) is 0 Å². The smallest absolute Gasteiger partial charge is 0.304 e. The fourth-order valence-corrected chi connectivity index (χ4v) is 3.01. The number of carboxylic acid groups (broad SMARTS) is 1. The molecule has 4 nitrogen and oxygen atoms in total. The van der Waals surface area contributed by atoms with Crippen molar-refractivity contribution in [2.45, 2.75) is 38.3 Å². The van der Waals surface area contributed by atoms with Crippen molar-refractivity contribution in [3.8, 4) is 5.75 Å². The third kappa shape index (κ3) is 3.64. The number of rotatable bonds is 5. The van der Waals surface area contributed by atoms with Crippen molar-refractivity contribution >= 4 is 17.6 Å². The second-order valence-corrected chi connectivity index (χ2v) is 5.55. The molecular formula is C15H20ClNO3. The number of halogens is 1. The fourth-order valence-electron chi connectivity index (χ4n) is 2.79. The van der Waals surface area contributed by atoms with Crippen LogP contribution < -0.4 is 4.74 Å². The third-order valence-corrected chi connectivity index (χ3v) is 4.17. The molecule has 5 heteroatoms. The summed E-state index contributed by atoms with van der Waals surface area (Å²) in [5.41, 5.74) is 0.939. The quantitative estimate of drug-likeness (QED) is 0.907. The molecule has 2 rings (SSSR count). The molecule has 20 heavy (non-hydrogen) atoms. The van der Waals surface area contributed by atoms with Crippen LogP contribution in [0.4, 0.5) is 0 Å². The van der Waals surface area contributed by atoms with Crippen LogP contribution in [0.5, 0.6) is 5.75 Å². The molecule has 1 fully saturated rings. The minimum absolute atomic E-state index is 0.0854. The van der Waals surface area contributed by atoms with E-state index in [1.807, 2.05) is 18.2 Å². The molecule has 1 heterocycles. The van der Waals surface area contributed by atoms with E-state index >= 15 is 0 Å². The molecule has 1 saturated heterocycles. The maximum atomic E-state index is 11.0. The number of nitrogens with zero attached hydrogens (tertiary/aromatic N) is 1. The maximum Gasteiger partial charge on any atom is 0.304 e. The van der Waals surface area contributed by atoms with E-state index in [0.29, 0.717) is 11.6 Å². The van der Waals surface area contributed by atoms with Crippen LogP contribution >= 0.6 is 11.6 Å². The number of methoxy groups -OCH3 is 1. The highest BCUT2D eigenvalue weighted by atomic mass is 35.5. The van der Waals surface area contributed by atoms with Gasteiger partial charge in [-0.3, -0.25) is 9.69 Å². The largest absolute Gasteiger partial charge is 0.496 e. The van der Waals surface area contributed by atoms with Gasteiger partial charge in [-0.25, -0.2) is 0 Å².